The lowest BCUT2D eigenvalue weighted by molar-refractivity contribution is 0.232. The van der Waals surface area contributed by atoms with Crippen LogP contribution in [-0.4, -0.2) is 6.04 Å². The monoisotopic (exact) mass is 209 g/mol. The second kappa shape index (κ2) is 5.34. The molecule has 0 aromatic rings. The molecule has 2 N–H and O–H groups in total. The Bertz CT molecular complexity index is 176. The topological polar surface area (TPSA) is 26.0 Å². The molecule has 2 rings (SSSR count). The van der Waals surface area contributed by atoms with Gasteiger partial charge in [-0.15, -0.1) is 0 Å². The Morgan fingerprint density at radius 2 is 1.60 bits per heavy atom. The van der Waals surface area contributed by atoms with Gasteiger partial charge in [0.25, 0.3) is 0 Å². The normalized spacial score (nSPS) is 35.6. The van der Waals surface area contributed by atoms with Crippen molar-refractivity contribution in [2.24, 2.45) is 23.5 Å². The maximum atomic E-state index is 6.37. The molecule has 0 aromatic heterocycles. The fourth-order valence-corrected chi connectivity index (χ4v) is 3.54. The van der Waals surface area contributed by atoms with E-state index in [0.29, 0.717) is 6.04 Å². The smallest absolute Gasteiger partial charge is 0.00698 e. The minimum absolute atomic E-state index is 0.514. The van der Waals surface area contributed by atoms with Crippen LogP contribution in [0.4, 0.5) is 0 Å². The average molecular weight is 209 g/mol. The maximum Gasteiger partial charge on any atom is 0.00698 e. The summed E-state index contributed by atoms with van der Waals surface area (Å²) in [5, 5.41) is 0. The third-order valence-corrected chi connectivity index (χ3v) is 4.75. The van der Waals surface area contributed by atoms with Crippen molar-refractivity contribution in [1.82, 2.24) is 0 Å². The largest absolute Gasteiger partial charge is 0.327 e. The molecule has 1 unspecified atom stereocenters. The second-order valence-corrected chi connectivity index (χ2v) is 6.07. The molecule has 15 heavy (non-hydrogen) atoms. The van der Waals surface area contributed by atoms with Crippen molar-refractivity contribution in [3.05, 3.63) is 0 Å². The van der Waals surface area contributed by atoms with Gasteiger partial charge < -0.3 is 5.73 Å². The van der Waals surface area contributed by atoms with Crippen molar-refractivity contribution in [2.45, 2.75) is 70.8 Å². The summed E-state index contributed by atoms with van der Waals surface area (Å²) < 4.78 is 0. The SMILES string of the molecule is CC1CCC(C(N)CC2CCCC2)CC1. The number of nitrogens with two attached hydrogens (primary N) is 1. The molecule has 0 amide bonds. The molecule has 2 aliphatic rings. The second-order valence-electron chi connectivity index (χ2n) is 6.07. The summed E-state index contributed by atoms with van der Waals surface area (Å²) in [5.41, 5.74) is 6.37. The predicted octanol–water partition coefficient (Wildman–Crippen LogP) is 3.72. The van der Waals surface area contributed by atoms with E-state index in [-0.39, 0.29) is 0 Å². The van der Waals surface area contributed by atoms with Crippen LogP contribution in [0.3, 0.4) is 0 Å². The zero-order valence-electron chi connectivity index (χ0n) is 10.3. The van der Waals surface area contributed by atoms with Crippen molar-refractivity contribution < 1.29 is 0 Å². The summed E-state index contributed by atoms with van der Waals surface area (Å²) in [7, 11) is 0. The first-order valence-corrected chi connectivity index (χ1v) is 7.01. The van der Waals surface area contributed by atoms with Gasteiger partial charge in [-0.1, -0.05) is 45.4 Å². The number of hydrogen-bond donors (Lipinski definition) is 1. The van der Waals surface area contributed by atoms with Crippen LogP contribution in [0.1, 0.15) is 64.7 Å². The Kier molecular flexibility index (Phi) is 4.07. The zero-order chi connectivity index (χ0) is 10.7. The molecule has 0 radical (unpaired) electrons. The van der Waals surface area contributed by atoms with Gasteiger partial charge in [0.05, 0.1) is 0 Å². The zero-order valence-corrected chi connectivity index (χ0v) is 10.3. The first-order valence-electron chi connectivity index (χ1n) is 7.01. The lowest BCUT2D eigenvalue weighted by Gasteiger charge is -2.31. The van der Waals surface area contributed by atoms with Crippen molar-refractivity contribution in [3.8, 4) is 0 Å². The van der Waals surface area contributed by atoms with Gasteiger partial charge in [0, 0.05) is 6.04 Å². The third-order valence-electron chi connectivity index (χ3n) is 4.75. The molecule has 0 aliphatic heterocycles. The Morgan fingerprint density at radius 1 is 1.00 bits per heavy atom. The van der Waals surface area contributed by atoms with Crippen LogP contribution >= 0.6 is 0 Å². The van der Waals surface area contributed by atoms with E-state index in [2.05, 4.69) is 6.92 Å². The molecular weight excluding hydrogens is 182 g/mol. The van der Waals surface area contributed by atoms with Crippen LogP contribution in [0, 0.1) is 17.8 Å². The molecule has 1 atom stereocenters. The summed E-state index contributed by atoms with van der Waals surface area (Å²) >= 11 is 0. The van der Waals surface area contributed by atoms with E-state index in [9.17, 15) is 0 Å². The van der Waals surface area contributed by atoms with Gasteiger partial charge in [-0.3, -0.25) is 0 Å². The Labute approximate surface area is 94.8 Å². The molecule has 0 bridgehead atoms. The minimum Gasteiger partial charge on any atom is -0.327 e. The van der Waals surface area contributed by atoms with Gasteiger partial charge in [-0.25, -0.2) is 0 Å². The highest BCUT2D eigenvalue weighted by Gasteiger charge is 2.26. The van der Waals surface area contributed by atoms with Crippen LogP contribution in [0.2, 0.25) is 0 Å². The number of hydrogen-bond acceptors (Lipinski definition) is 1. The van der Waals surface area contributed by atoms with E-state index < -0.39 is 0 Å². The van der Waals surface area contributed by atoms with Gasteiger partial charge >= 0.3 is 0 Å². The van der Waals surface area contributed by atoms with Crippen LogP contribution in [0.25, 0.3) is 0 Å². The van der Waals surface area contributed by atoms with Gasteiger partial charge in [-0.2, -0.15) is 0 Å². The van der Waals surface area contributed by atoms with E-state index in [1.54, 1.807) is 0 Å². The predicted molar refractivity (Wildman–Crippen MR) is 65.7 cm³/mol. The molecule has 0 spiro atoms. The summed E-state index contributed by atoms with van der Waals surface area (Å²) in [6.07, 6.45) is 12.8. The maximum absolute atomic E-state index is 6.37. The lowest BCUT2D eigenvalue weighted by atomic mass is 9.77. The fraction of sp³-hybridized carbons (Fsp3) is 1.00. The third kappa shape index (κ3) is 3.21. The van der Waals surface area contributed by atoms with Gasteiger partial charge in [0.15, 0.2) is 0 Å². The highest BCUT2D eigenvalue weighted by Crippen LogP contribution is 2.34. The Morgan fingerprint density at radius 3 is 2.20 bits per heavy atom. The van der Waals surface area contributed by atoms with E-state index in [0.717, 1.165) is 17.8 Å². The quantitative estimate of drug-likeness (QED) is 0.753. The van der Waals surface area contributed by atoms with Gasteiger partial charge in [0.2, 0.25) is 0 Å². The van der Waals surface area contributed by atoms with Gasteiger partial charge in [-0.05, 0) is 37.0 Å². The Balaban J connectivity index is 1.72. The molecule has 0 aromatic carbocycles. The van der Waals surface area contributed by atoms with Crippen LogP contribution in [0.15, 0.2) is 0 Å². The summed E-state index contributed by atoms with van der Waals surface area (Å²) in [4.78, 5) is 0. The molecule has 0 heterocycles. The highest BCUT2D eigenvalue weighted by atomic mass is 14.7. The molecule has 0 saturated heterocycles. The first kappa shape index (κ1) is 11.4. The van der Waals surface area contributed by atoms with Gasteiger partial charge in [0.1, 0.15) is 0 Å². The van der Waals surface area contributed by atoms with E-state index in [1.165, 1.54) is 57.8 Å². The number of rotatable bonds is 3. The minimum atomic E-state index is 0.514. The average Bonchev–Trinajstić information content (AvgIpc) is 2.71. The molecule has 88 valence electrons. The molecule has 2 saturated carbocycles. The molecule has 1 heteroatoms. The Hall–Kier alpha value is -0.0400. The summed E-state index contributed by atoms with van der Waals surface area (Å²) in [6, 6.07) is 0.514. The van der Waals surface area contributed by atoms with Crippen LogP contribution in [0.5, 0.6) is 0 Å². The molecule has 2 aliphatic carbocycles. The van der Waals surface area contributed by atoms with Crippen molar-refractivity contribution in [1.29, 1.82) is 0 Å². The van der Waals surface area contributed by atoms with E-state index in [1.807, 2.05) is 0 Å². The summed E-state index contributed by atoms with van der Waals surface area (Å²) in [5.74, 6) is 2.78. The van der Waals surface area contributed by atoms with Crippen molar-refractivity contribution >= 4 is 0 Å². The first-order chi connectivity index (χ1) is 7.25. The fourth-order valence-electron chi connectivity index (χ4n) is 3.54. The molecule has 1 nitrogen and oxygen atoms in total. The van der Waals surface area contributed by atoms with Crippen molar-refractivity contribution in [2.75, 3.05) is 0 Å². The highest BCUT2D eigenvalue weighted by molar-refractivity contribution is 4.82. The van der Waals surface area contributed by atoms with Crippen molar-refractivity contribution in [3.63, 3.8) is 0 Å². The summed E-state index contributed by atoms with van der Waals surface area (Å²) in [6.45, 7) is 2.39. The molecular formula is C14H27N. The standard InChI is InChI=1S/C14H27N/c1-11-6-8-13(9-7-11)14(15)10-12-4-2-3-5-12/h11-14H,2-10,15H2,1H3. The van der Waals surface area contributed by atoms with Crippen LogP contribution < -0.4 is 5.73 Å². The van der Waals surface area contributed by atoms with E-state index in [4.69, 9.17) is 5.73 Å². The molecule has 2 fully saturated rings. The van der Waals surface area contributed by atoms with E-state index >= 15 is 0 Å². The lowest BCUT2D eigenvalue weighted by Crippen LogP contribution is -2.34. The van der Waals surface area contributed by atoms with Crippen LogP contribution in [-0.2, 0) is 0 Å².